The molecule has 2 aromatic heterocycles. The quantitative estimate of drug-likeness (QED) is 0.187. The lowest BCUT2D eigenvalue weighted by Gasteiger charge is -2.31. The van der Waals surface area contributed by atoms with E-state index in [0.717, 1.165) is 12.8 Å². The summed E-state index contributed by atoms with van der Waals surface area (Å²) < 4.78 is 29.7. The monoisotopic (exact) mass is 623 g/mol. The summed E-state index contributed by atoms with van der Waals surface area (Å²) in [4.78, 5) is 18.1. The van der Waals surface area contributed by atoms with Crippen molar-refractivity contribution in [1.29, 1.82) is 0 Å². The molecule has 1 saturated carbocycles. The van der Waals surface area contributed by atoms with Gasteiger partial charge in [-0.2, -0.15) is 5.10 Å². The van der Waals surface area contributed by atoms with Crippen LogP contribution in [0.3, 0.4) is 0 Å². The van der Waals surface area contributed by atoms with Gasteiger partial charge in [0.15, 0.2) is 10.6 Å². The number of sulfone groups is 1. The number of hydrogen-bond acceptors (Lipinski definition) is 8. The lowest BCUT2D eigenvalue weighted by Crippen LogP contribution is -2.27. The van der Waals surface area contributed by atoms with E-state index in [0.29, 0.717) is 28.1 Å². The van der Waals surface area contributed by atoms with Gasteiger partial charge in [-0.05, 0) is 74.2 Å². The van der Waals surface area contributed by atoms with Gasteiger partial charge in [-0.1, -0.05) is 48.5 Å². The maximum absolute atomic E-state index is 14.1. The van der Waals surface area contributed by atoms with E-state index in [1.807, 2.05) is 50.2 Å². The second-order valence-electron chi connectivity index (χ2n) is 11.3. The molecule has 11 heteroatoms. The molecule has 230 valence electrons. The summed E-state index contributed by atoms with van der Waals surface area (Å²) in [6, 6.07) is 23.9. The molecule has 3 aromatic carbocycles. The van der Waals surface area contributed by atoms with Gasteiger partial charge in [-0.3, -0.25) is 9.48 Å². The highest BCUT2D eigenvalue weighted by Gasteiger charge is 2.35. The minimum atomic E-state index is -4.49. The molecule has 5 aromatic rings. The number of nitrogens with zero attached hydrogens (tertiary/aromatic N) is 4. The van der Waals surface area contributed by atoms with Crippen LogP contribution >= 0.6 is 0 Å². The lowest BCUT2D eigenvalue weighted by molar-refractivity contribution is 0.0951. The second-order valence-corrected chi connectivity index (χ2v) is 13.2. The molecular weight excluding hydrogens is 590 g/mol. The van der Waals surface area contributed by atoms with E-state index >= 15 is 0 Å². The highest BCUT2D eigenvalue weighted by molar-refractivity contribution is 7.91. The van der Waals surface area contributed by atoms with Crippen molar-refractivity contribution in [1.82, 2.24) is 20.1 Å². The predicted molar refractivity (Wildman–Crippen MR) is 171 cm³/mol. The van der Waals surface area contributed by atoms with Crippen LogP contribution in [-0.2, 0) is 16.9 Å². The number of aromatic nitrogens is 3. The van der Waals surface area contributed by atoms with Crippen molar-refractivity contribution < 1.29 is 23.4 Å². The number of amides is 1. The summed E-state index contributed by atoms with van der Waals surface area (Å²) in [7, 11) is -2.76. The minimum Gasteiger partial charge on any atom is -0.504 e. The smallest absolute Gasteiger partial charge is 0.252 e. The summed E-state index contributed by atoms with van der Waals surface area (Å²) >= 11 is 0. The van der Waals surface area contributed by atoms with Gasteiger partial charge in [0.05, 0.1) is 4.90 Å². The Morgan fingerprint density at radius 2 is 1.62 bits per heavy atom. The summed E-state index contributed by atoms with van der Waals surface area (Å²) in [6.45, 7) is 3.80. The Morgan fingerprint density at radius 3 is 2.24 bits per heavy atom. The van der Waals surface area contributed by atoms with Gasteiger partial charge in [0.25, 0.3) is 5.91 Å². The molecule has 10 nitrogen and oxygen atoms in total. The van der Waals surface area contributed by atoms with Gasteiger partial charge in [0.2, 0.25) is 15.7 Å². The molecule has 0 unspecified atom stereocenters. The predicted octanol–water partition coefficient (Wildman–Crippen LogP) is 5.83. The van der Waals surface area contributed by atoms with Crippen LogP contribution in [0, 0.1) is 0 Å². The van der Waals surface area contributed by atoms with Crippen molar-refractivity contribution in [2.45, 2.75) is 48.6 Å². The Hall–Kier alpha value is -5.16. The van der Waals surface area contributed by atoms with Gasteiger partial charge in [0.1, 0.15) is 17.1 Å². The number of para-hydroxylation sites is 1. The van der Waals surface area contributed by atoms with Gasteiger partial charge in [0, 0.05) is 36.6 Å². The maximum atomic E-state index is 14.1. The molecule has 6 rings (SSSR count). The number of aromatic hydroxyl groups is 2. The zero-order valence-electron chi connectivity index (χ0n) is 25.0. The molecule has 3 N–H and O–H groups in total. The fourth-order valence-corrected chi connectivity index (χ4v) is 6.73. The summed E-state index contributed by atoms with van der Waals surface area (Å²) in [5.41, 5.74) is 3.04. The van der Waals surface area contributed by atoms with E-state index in [1.54, 1.807) is 59.2 Å². The highest BCUT2D eigenvalue weighted by atomic mass is 32.2. The Balaban J connectivity index is 1.46. The Labute approximate surface area is 261 Å². The largest absolute Gasteiger partial charge is 0.504 e. The first-order valence-corrected chi connectivity index (χ1v) is 16.1. The van der Waals surface area contributed by atoms with Crippen LogP contribution < -0.4 is 10.2 Å². The van der Waals surface area contributed by atoms with E-state index in [1.165, 1.54) is 12.1 Å². The van der Waals surface area contributed by atoms with Crippen LogP contribution in [0.4, 0.5) is 11.4 Å². The molecule has 0 spiro atoms. The number of benzene rings is 3. The number of carbonyl (C=O) groups excluding carboxylic acids is 1. The van der Waals surface area contributed by atoms with E-state index in [4.69, 9.17) is 0 Å². The first-order chi connectivity index (χ1) is 21.6. The summed E-state index contributed by atoms with van der Waals surface area (Å²) in [5, 5.41) is 30.3. The van der Waals surface area contributed by atoms with Crippen molar-refractivity contribution in [3.05, 3.63) is 96.7 Å². The van der Waals surface area contributed by atoms with Crippen molar-refractivity contribution in [2.24, 2.45) is 7.05 Å². The fraction of sp³-hybridized carbons (Fsp3) is 0.206. The molecule has 45 heavy (non-hydrogen) atoms. The van der Waals surface area contributed by atoms with Crippen LogP contribution in [0.25, 0.3) is 22.5 Å². The zero-order chi connectivity index (χ0) is 31.9. The Morgan fingerprint density at radius 1 is 0.956 bits per heavy atom. The van der Waals surface area contributed by atoms with Gasteiger partial charge < -0.3 is 20.4 Å². The number of pyridine rings is 1. The van der Waals surface area contributed by atoms with Gasteiger partial charge in [-0.15, -0.1) is 0 Å². The number of nitrogens with one attached hydrogen (secondary N) is 1. The lowest BCUT2D eigenvalue weighted by atomic mass is 9.99. The van der Waals surface area contributed by atoms with Crippen molar-refractivity contribution in [2.75, 3.05) is 4.90 Å². The molecule has 1 fully saturated rings. The average molecular weight is 624 g/mol. The van der Waals surface area contributed by atoms with E-state index in [9.17, 15) is 23.4 Å². The number of anilines is 2. The number of carbonyl (C=O) groups is 1. The molecular formula is C34H33N5O5S. The van der Waals surface area contributed by atoms with Crippen molar-refractivity contribution in [3.8, 4) is 34.1 Å². The van der Waals surface area contributed by atoms with Crippen molar-refractivity contribution >= 4 is 27.1 Å². The fourth-order valence-electron chi connectivity index (χ4n) is 5.36. The van der Waals surface area contributed by atoms with Gasteiger partial charge >= 0.3 is 0 Å². The van der Waals surface area contributed by atoms with Crippen LogP contribution in [0.5, 0.6) is 11.6 Å². The maximum Gasteiger partial charge on any atom is 0.252 e. The molecule has 1 aliphatic rings. The Kier molecular flexibility index (Phi) is 7.80. The summed E-state index contributed by atoms with van der Waals surface area (Å²) in [5.74, 6) is -1.67. The topological polar surface area (TPSA) is 138 Å². The van der Waals surface area contributed by atoms with Crippen LogP contribution in [0.15, 0.2) is 101 Å². The SMILES string of the molecule is CC(C)N(c1ccccc1)c1c(-c2ccn(C)n2)nc(O)c(S(=O)(=O)c2ccc(-c3ccccc3C(=O)NC3CC3)cc2)c1O. The van der Waals surface area contributed by atoms with Crippen LogP contribution in [-0.4, -0.2) is 51.4 Å². The van der Waals surface area contributed by atoms with Crippen LogP contribution in [0.2, 0.25) is 0 Å². The molecule has 1 amide bonds. The first-order valence-electron chi connectivity index (χ1n) is 14.6. The third kappa shape index (κ3) is 5.74. The molecule has 0 bridgehead atoms. The third-order valence-electron chi connectivity index (χ3n) is 7.66. The van der Waals surface area contributed by atoms with E-state index in [2.05, 4.69) is 15.4 Å². The first kappa shape index (κ1) is 29.9. The molecule has 2 heterocycles. The van der Waals surface area contributed by atoms with Crippen LogP contribution in [0.1, 0.15) is 37.0 Å². The number of aryl methyl sites for hydroxylation is 1. The molecule has 0 aliphatic heterocycles. The minimum absolute atomic E-state index is 0.0958. The molecule has 1 aliphatic carbocycles. The average Bonchev–Trinajstić information content (AvgIpc) is 3.74. The van der Waals surface area contributed by atoms with Crippen molar-refractivity contribution in [3.63, 3.8) is 0 Å². The number of hydrogen-bond donors (Lipinski definition) is 3. The highest BCUT2D eigenvalue weighted by Crippen LogP contribution is 2.48. The van der Waals surface area contributed by atoms with E-state index in [-0.39, 0.29) is 34.3 Å². The Bertz CT molecular complexity index is 1990. The standard InChI is InChI=1S/C34H33N5O5S/c1-21(2)39(24-9-5-4-6-10-24)30-29(28-19-20-38(3)37-28)36-34(42)32(31(30)40)45(43,44)25-17-13-22(14-18-25)26-11-7-8-12-27(26)33(41)35-23-15-16-23/h4-14,17-21,23H,15-16H2,1-3H3,(H,35,41)(H2,36,40,42). The number of rotatable bonds is 9. The molecule has 0 saturated heterocycles. The normalized spacial score (nSPS) is 13.2. The summed E-state index contributed by atoms with van der Waals surface area (Å²) in [6.07, 6.45) is 3.61. The zero-order valence-corrected chi connectivity index (χ0v) is 25.9. The molecule has 0 atom stereocenters. The third-order valence-corrected chi connectivity index (χ3v) is 9.47. The van der Waals surface area contributed by atoms with E-state index < -0.39 is 26.4 Å². The second kappa shape index (κ2) is 11.7. The molecule has 0 radical (unpaired) electrons. The van der Waals surface area contributed by atoms with Gasteiger partial charge in [-0.25, -0.2) is 13.4 Å².